The number of ether oxygens (including phenoxy) is 3. The molecule has 0 aromatic heterocycles. The van der Waals surface area contributed by atoms with Crippen LogP contribution in [0.25, 0.3) is 0 Å². The van der Waals surface area contributed by atoms with E-state index in [-0.39, 0.29) is 6.79 Å². The fourth-order valence-corrected chi connectivity index (χ4v) is 3.25. The van der Waals surface area contributed by atoms with Crippen molar-refractivity contribution in [2.24, 2.45) is 5.10 Å². The standard InChI is InChI=1S/C23H20N2O5/c1-28-19-13-21-20(29-15-30-21)12-16(19)14-24-25-22(26)23(27,17-8-4-2-5-9-17)18-10-6-3-7-11-18/h2-14,27H,15H2,1H3,(H,25,26)/b24-14+. The van der Waals surface area contributed by atoms with Gasteiger partial charge in [0.1, 0.15) is 5.75 Å². The second-order valence-corrected chi connectivity index (χ2v) is 6.59. The van der Waals surface area contributed by atoms with E-state index < -0.39 is 11.5 Å². The summed E-state index contributed by atoms with van der Waals surface area (Å²) in [5.74, 6) is 0.971. The molecule has 0 aliphatic carbocycles. The average Bonchev–Trinajstić information content (AvgIpc) is 3.26. The Balaban J connectivity index is 1.62. The molecule has 0 unspecified atom stereocenters. The minimum Gasteiger partial charge on any atom is -0.496 e. The van der Waals surface area contributed by atoms with Crippen molar-refractivity contribution >= 4 is 12.1 Å². The zero-order valence-electron chi connectivity index (χ0n) is 16.2. The van der Waals surface area contributed by atoms with Crippen LogP contribution in [0.1, 0.15) is 16.7 Å². The van der Waals surface area contributed by atoms with E-state index in [2.05, 4.69) is 10.5 Å². The number of carbonyl (C=O) groups is 1. The van der Waals surface area contributed by atoms with Gasteiger partial charge in [-0.05, 0) is 17.2 Å². The normalized spacial score (nSPS) is 12.7. The minimum absolute atomic E-state index is 0.136. The zero-order valence-corrected chi connectivity index (χ0v) is 16.2. The molecule has 1 aliphatic rings. The van der Waals surface area contributed by atoms with Crippen molar-refractivity contribution in [2.75, 3.05) is 13.9 Å². The van der Waals surface area contributed by atoms with Gasteiger partial charge < -0.3 is 19.3 Å². The number of carbonyl (C=O) groups excluding carboxylic acids is 1. The molecule has 0 radical (unpaired) electrons. The maximum absolute atomic E-state index is 13.0. The van der Waals surface area contributed by atoms with Gasteiger partial charge in [0.15, 0.2) is 17.1 Å². The van der Waals surface area contributed by atoms with E-state index >= 15 is 0 Å². The highest BCUT2D eigenvalue weighted by Crippen LogP contribution is 2.37. The second-order valence-electron chi connectivity index (χ2n) is 6.59. The number of hydrogen-bond donors (Lipinski definition) is 2. The third-order valence-corrected chi connectivity index (χ3v) is 4.81. The summed E-state index contributed by atoms with van der Waals surface area (Å²) >= 11 is 0. The van der Waals surface area contributed by atoms with Crippen LogP contribution in [0.15, 0.2) is 77.9 Å². The minimum atomic E-state index is -1.90. The van der Waals surface area contributed by atoms with Crippen LogP contribution in [0, 0.1) is 0 Å². The first-order valence-electron chi connectivity index (χ1n) is 9.27. The van der Waals surface area contributed by atoms with Crippen molar-refractivity contribution in [1.82, 2.24) is 5.43 Å². The van der Waals surface area contributed by atoms with E-state index in [0.717, 1.165) is 0 Å². The van der Waals surface area contributed by atoms with E-state index in [9.17, 15) is 9.90 Å². The molecule has 0 saturated heterocycles. The van der Waals surface area contributed by atoms with Crippen molar-refractivity contribution in [3.05, 3.63) is 89.5 Å². The Kier molecular flexibility index (Phi) is 5.36. The van der Waals surface area contributed by atoms with Gasteiger partial charge in [-0.25, -0.2) is 5.43 Å². The molecule has 2 N–H and O–H groups in total. The van der Waals surface area contributed by atoms with Gasteiger partial charge in [0.2, 0.25) is 6.79 Å². The van der Waals surface area contributed by atoms with Gasteiger partial charge in [-0.3, -0.25) is 4.79 Å². The van der Waals surface area contributed by atoms with Gasteiger partial charge in [0.25, 0.3) is 5.91 Å². The molecule has 7 heteroatoms. The lowest BCUT2D eigenvalue weighted by Gasteiger charge is -2.27. The number of rotatable bonds is 6. The van der Waals surface area contributed by atoms with Gasteiger partial charge >= 0.3 is 0 Å². The highest BCUT2D eigenvalue weighted by Gasteiger charge is 2.39. The summed E-state index contributed by atoms with van der Waals surface area (Å²) < 4.78 is 16.0. The first kappa shape index (κ1) is 19.5. The first-order valence-corrected chi connectivity index (χ1v) is 9.27. The van der Waals surface area contributed by atoms with Gasteiger partial charge in [-0.1, -0.05) is 60.7 Å². The van der Waals surface area contributed by atoms with Crippen molar-refractivity contribution in [1.29, 1.82) is 0 Å². The summed E-state index contributed by atoms with van der Waals surface area (Å²) in [6, 6.07) is 20.8. The van der Waals surface area contributed by atoms with Gasteiger partial charge in [-0.2, -0.15) is 5.10 Å². The largest absolute Gasteiger partial charge is 0.496 e. The number of benzene rings is 3. The summed E-state index contributed by atoms with van der Waals surface area (Å²) in [6.45, 7) is 0.136. The maximum Gasteiger partial charge on any atom is 0.281 e. The predicted octanol–water partition coefficient (Wildman–Crippen LogP) is 2.81. The Labute approximate surface area is 173 Å². The van der Waals surface area contributed by atoms with Crippen LogP contribution >= 0.6 is 0 Å². The van der Waals surface area contributed by atoms with Crippen molar-refractivity contribution in [3.63, 3.8) is 0 Å². The van der Waals surface area contributed by atoms with Crippen LogP contribution in [0.4, 0.5) is 0 Å². The predicted molar refractivity (Wildman–Crippen MR) is 111 cm³/mol. The SMILES string of the molecule is COc1cc2c(cc1/C=N/NC(=O)C(O)(c1ccccc1)c1ccccc1)OCO2. The maximum atomic E-state index is 13.0. The molecule has 0 atom stereocenters. The molecule has 0 bridgehead atoms. The molecule has 4 rings (SSSR count). The zero-order chi connectivity index (χ0) is 21.0. The Hall–Kier alpha value is -3.84. The van der Waals surface area contributed by atoms with Crippen LogP contribution in [0.2, 0.25) is 0 Å². The van der Waals surface area contributed by atoms with Crippen molar-refractivity contribution in [2.45, 2.75) is 5.60 Å². The molecule has 30 heavy (non-hydrogen) atoms. The molecular weight excluding hydrogens is 384 g/mol. The smallest absolute Gasteiger partial charge is 0.281 e. The lowest BCUT2D eigenvalue weighted by molar-refractivity contribution is -0.136. The molecule has 3 aromatic carbocycles. The summed E-state index contributed by atoms with van der Waals surface area (Å²) in [7, 11) is 1.52. The number of fused-ring (bicyclic) bond motifs is 1. The molecule has 1 heterocycles. The number of nitrogens with one attached hydrogen (secondary N) is 1. The second kappa shape index (κ2) is 8.26. The highest BCUT2D eigenvalue weighted by atomic mass is 16.7. The molecule has 0 saturated carbocycles. The number of hydrazone groups is 1. The number of nitrogens with zero attached hydrogens (tertiary/aromatic N) is 1. The summed E-state index contributed by atoms with van der Waals surface area (Å²) in [4.78, 5) is 13.0. The van der Waals surface area contributed by atoms with Crippen molar-refractivity contribution in [3.8, 4) is 17.2 Å². The molecule has 0 fully saturated rings. The Morgan fingerprint density at radius 3 is 2.17 bits per heavy atom. The molecule has 1 aliphatic heterocycles. The summed E-state index contributed by atoms with van der Waals surface area (Å²) in [5, 5.41) is 15.4. The van der Waals surface area contributed by atoms with Crippen LogP contribution in [0.5, 0.6) is 17.2 Å². The summed E-state index contributed by atoms with van der Waals surface area (Å²) in [5.41, 5.74) is 1.99. The third kappa shape index (κ3) is 3.58. The quantitative estimate of drug-likeness (QED) is 0.487. The summed E-state index contributed by atoms with van der Waals surface area (Å²) in [6.07, 6.45) is 1.43. The van der Waals surface area contributed by atoms with Crippen LogP contribution in [-0.4, -0.2) is 31.1 Å². The van der Waals surface area contributed by atoms with Crippen LogP contribution in [-0.2, 0) is 10.4 Å². The molecular formula is C23H20N2O5. The Bertz CT molecular complexity index is 1030. The third-order valence-electron chi connectivity index (χ3n) is 4.81. The first-order chi connectivity index (χ1) is 14.6. The van der Waals surface area contributed by atoms with E-state index in [4.69, 9.17) is 14.2 Å². The molecule has 3 aromatic rings. The van der Waals surface area contributed by atoms with Crippen LogP contribution in [0.3, 0.4) is 0 Å². The molecule has 1 amide bonds. The van der Waals surface area contributed by atoms with Gasteiger partial charge in [0.05, 0.1) is 13.3 Å². The average molecular weight is 404 g/mol. The number of hydrogen-bond acceptors (Lipinski definition) is 6. The van der Waals surface area contributed by atoms with Crippen molar-refractivity contribution < 1.29 is 24.1 Å². The van der Waals surface area contributed by atoms with Gasteiger partial charge in [0, 0.05) is 11.6 Å². The fourth-order valence-electron chi connectivity index (χ4n) is 3.25. The number of aliphatic hydroxyl groups is 1. The lowest BCUT2D eigenvalue weighted by Crippen LogP contribution is -2.43. The van der Waals surface area contributed by atoms with Gasteiger partial charge in [-0.15, -0.1) is 0 Å². The van der Waals surface area contributed by atoms with E-state index in [1.54, 1.807) is 60.7 Å². The Morgan fingerprint density at radius 1 is 1.03 bits per heavy atom. The fraction of sp³-hybridized carbons (Fsp3) is 0.130. The number of amides is 1. The van der Waals surface area contributed by atoms with Crippen LogP contribution < -0.4 is 19.6 Å². The van der Waals surface area contributed by atoms with E-state index in [1.165, 1.54) is 13.3 Å². The van der Waals surface area contributed by atoms with E-state index in [1.807, 2.05) is 12.1 Å². The lowest BCUT2D eigenvalue weighted by atomic mass is 9.85. The topological polar surface area (TPSA) is 89.4 Å². The molecule has 0 spiro atoms. The number of methoxy groups -OCH3 is 1. The Morgan fingerprint density at radius 2 is 1.60 bits per heavy atom. The molecule has 7 nitrogen and oxygen atoms in total. The van der Waals surface area contributed by atoms with E-state index in [0.29, 0.717) is 33.9 Å². The highest BCUT2D eigenvalue weighted by molar-refractivity contribution is 5.92. The monoisotopic (exact) mass is 404 g/mol. The molecule has 152 valence electrons.